The highest BCUT2D eigenvalue weighted by Crippen LogP contribution is 2.32. The molecule has 0 saturated heterocycles. The van der Waals surface area contributed by atoms with Gasteiger partial charge in [0.25, 0.3) is 0 Å². The van der Waals surface area contributed by atoms with Gasteiger partial charge in [0.2, 0.25) is 6.79 Å². The number of hydrogen-bond donors (Lipinski definition) is 1. The molecule has 5 nitrogen and oxygen atoms in total. The van der Waals surface area contributed by atoms with E-state index in [2.05, 4.69) is 11.4 Å². The summed E-state index contributed by atoms with van der Waals surface area (Å²) in [6.45, 7) is 0.833. The number of nitriles is 1. The Morgan fingerprint density at radius 2 is 1.95 bits per heavy atom. The van der Waals surface area contributed by atoms with Crippen LogP contribution in [0.2, 0.25) is 0 Å². The fourth-order valence-electron chi connectivity index (χ4n) is 2.31. The van der Waals surface area contributed by atoms with E-state index in [9.17, 15) is 5.26 Å². The Kier molecular flexibility index (Phi) is 4.12. The van der Waals surface area contributed by atoms with E-state index >= 15 is 0 Å². The molecule has 0 aliphatic carbocycles. The maximum atomic E-state index is 9.35. The van der Waals surface area contributed by atoms with E-state index in [-0.39, 0.29) is 12.8 Å². The molecular weight excluding hydrogens is 280 g/mol. The number of benzene rings is 2. The molecule has 1 unspecified atom stereocenters. The lowest BCUT2D eigenvalue weighted by molar-refractivity contribution is 0.174. The highest BCUT2D eigenvalue weighted by molar-refractivity contribution is 5.44. The van der Waals surface area contributed by atoms with Gasteiger partial charge in [0, 0.05) is 6.54 Å². The highest BCUT2D eigenvalue weighted by Gasteiger charge is 2.14. The first-order valence-corrected chi connectivity index (χ1v) is 6.95. The molecule has 22 heavy (non-hydrogen) atoms. The molecule has 0 radical (unpaired) electrons. The van der Waals surface area contributed by atoms with Crippen molar-refractivity contribution >= 4 is 0 Å². The number of nitrogens with zero attached hydrogens (tertiary/aromatic N) is 1. The fourth-order valence-corrected chi connectivity index (χ4v) is 2.31. The first-order valence-electron chi connectivity index (χ1n) is 6.95. The molecule has 0 fully saturated rings. The van der Waals surface area contributed by atoms with Crippen molar-refractivity contribution in [2.24, 2.45) is 0 Å². The summed E-state index contributed by atoms with van der Waals surface area (Å²) in [4.78, 5) is 0. The zero-order valence-electron chi connectivity index (χ0n) is 12.2. The monoisotopic (exact) mass is 296 g/mol. The summed E-state index contributed by atoms with van der Waals surface area (Å²) in [6, 6.07) is 15.1. The Morgan fingerprint density at radius 1 is 1.18 bits per heavy atom. The van der Waals surface area contributed by atoms with E-state index in [1.54, 1.807) is 7.11 Å². The molecule has 3 rings (SSSR count). The average molecular weight is 296 g/mol. The second-order valence-corrected chi connectivity index (χ2v) is 4.90. The van der Waals surface area contributed by atoms with E-state index in [0.29, 0.717) is 6.54 Å². The van der Waals surface area contributed by atoms with Crippen LogP contribution < -0.4 is 19.5 Å². The van der Waals surface area contributed by atoms with Crippen LogP contribution in [0.25, 0.3) is 0 Å². The van der Waals surface area contributed by atoms with Crippen molar-refractivity contribution in [1.82, 2.24) is 5.32 Å². The molecule has 5 heteroatoms. The quantitative estimate of drug-likeness (QED) is 0.919. The molecule has 1 N–H and O–H groups in total. The topological polar surface area (TPSA) is 63.5 Å². The van der Waals surface area contributed by atoms with E-state index < -0.39 is 0 Å². The lowest BCUT2D eigenvalue weighted by atomic mass is 10.1. The molecule has 0 bridgehead atoms. The van der Waals surface area contributed by atoms with Gasteiger partial charge >= 0.3 is 0 Å². The summed E-state index contributed by atoms with van der Waals surface area (Å²) < 4.78 is 15.8. The van der Waals surface area contributed by atoms with Crippen LogP contribution in [0.3, 0.4) is 0 Å². The first kappa shape index (κ1) is 14.2. The van der Waals surface area contributed by atoms with Crippen LogP contribution in [-0.4, -0.2) is 13.9 Å². The smallest absolute Gasteiger partial charge is 0.231 e. The van der Waals surface area contributed by atoms with Crippen molar-refractivity contribution in [3.8, 4) is 23.3 Å². The zero-order chi connectivity index (χ0) is 15.4. The minimum absolute atomic E-state index is 0.263. The normalized spacial score (nSPS) is 13.5. The van der Waals surface area contributed by atoms with Gasteiger partial charge in [-0.1, -0.05) is 18.2 Å². The van der Waals surface area contributed by atoms with Crippen LogP contribution in [0.1, 0.15) is 17.2 Å². The van der Waals surface area contributed by atoms with Gasteiger partial charge in [-0.3, -0.25) is 5.32 Å². The first-order chi connectivity index (χ1) is 10.8. The Morgan fingerprint density at radius 3 is 2.68 bits per heavy atom. The van der Waals surface area contributed by atoms with Crippen LogP contribution in [0.15, 0.2) is 42.5 Å². The molecule has 112 valence electrons. The van der Waals surface area contributed by atoms with Gasteiger partial charge in [0.15, 0.2) is 11.5 Å². The fraction of sp³-hybridized carbons (Fsp3) is 0.235. The van der Waals surface area contributed by atoms with Crippen LogP contribution in [0, 0.1) is 11.3 Å². The average Bonchev–Trinajstić information content (AvgIpc) is 3.03. The number of ether oxygens (including phenoxy) is 3. The standard InChI is InChI=1S/C17H16N2O3/c1-20-14-5-3-13(4-6-14)15(9-18)19-10-12-2-7-16-17(8-12)22-11-21-16/h2-8,15,19H,10-11H2,1H3. The van der Waals surface area contributed by atoms with E-state index in [1.165, 1.54) is 0 Å². The van der Waals surface area contributed by atoms with E-state index in [4.69, 9.17) is 14.2 Å². The lowest BCUT2D eigenvalue weighted by Crippen LogP contribution is -2.19. The number of fused-ring (bicyclic) bond motifs is 1. The third kappa shape index (κ3) is 2.97. The van der Waals surface area contributed by atoms with Crippen molar-refractivity contribution in [3.63, 3.8) is 0 Å². The van der Waals surface area contributed by atoms with Gasteiger partial charge in [-0.05, 0) is 35.4 Å². The number of methoxy groups -OCH3 is 1. The van der Waals surface area contributed by atoms with Gasteiger partial charge in [-0.2, -0.15) is 5.26 Å². The van der Waals surface area contributed by atoms with Gasteiger partial charge in [-0.25, -0.2) is 0 Å². The van der Waals surface area contributed by atoms with Crippen molar-refractivity contribution < 1.29 is 14.2 Å². The molecular formula is C17H16N2O3. The molecule has 2 aromatic rings. The lowest BCUT2D eigenvalue weighted by Gasteiger charge is -2.12. The van der Waals surface area contributed by atoms with Gasteiger partial charge in [0.05, 0.1) is 13.2 Å². The Balaban J connectivity index is 1.67. The third-order valence-corrected chi connectivity index (χ3v) is 3.53. The van der Waals surface area contributed by atoms with Gasteiger partial charge in [0.1, 0.15) is 11.8 Å². The maximum Gasteiger partial charge on any atom is 0.231 e. The largest absolute Gasteiger partial charge is 0.497 e. The maximum absolute atomic E-state index is 9.35. The van der Waals surface area contributed by atoms with Gasteiger partial charge in [-0.15, -0.1) is 0 Å². The van der Waals surface area contributed by atoms with Crippen molar-refractivity contribution in [3.05, 3.63) is 53.6 Å². The van der Waals surface area contributed by atoms with Crippen LogP contribution in [0.5, 0.6) is 17.2 Å². The predicted molar refractivity (Wildman–Crippen MR) is 80.8 cm³/mol. The highest BCUT2D eigenvalue weighted by atomic mass is 16.7. The third-order valence-electron chi connectivity index (χ3n) is 3.53. The summed E-state index contributed by atoms with van der Waals surface area (Å²) in [5.74, 6) is 2.28. The summed E-state index contributed by atoms with van der Waals surface area (Å²) in [7, 11) is 1.62. The molecule has 0 spiro atoms. The van der Waals surface area contributed by atoms with Crippen LogP contribution in [0.4, 0.5) is 0 Å². The number of hydrogen-bond acceptors (Lipinski definition) is 5. The summed E-state index contributed by atoms with van der Waals surface area (Å²) >= 11 is 0. The molecule has 0 saturated carbocycles. The Bertz CT molecular complexity index is 692. The molecule has 1 atom stereocenters. The number of rotatable bonds is 5. The Labute approximate surface area is 129 Å². The second-order valence-electron chi connectivity index (χ2n) is 4.90. The summed E-state index contributed by atoms with van der Waals surface area (Å²) in [5.41, 5.74) is 1.95. The molecule has 1 aliphatic rings. The van der Waals surface area contributed by atoms with Crippen molar-refractivity contribution in [2.45, 2.75) is 12.6 Å². The van der Waals surface area contributed by atoms with E-state index in [0.717, 1.165) is 28.4 Å². The molecule has 0 aromatic heterocycles. The number of nitrogens with one attached hydrogen (secondary N) is 1. The molecule has 1 aliphatic heterocycles. The SMILES string of the molecule is COc1ccc(C(C#N)NCc2ccc3c(c2)OCO3)cc1. The predicted octanol–water partition coefficient (Wildman–Crippen LogP) is 2.78. The van der Waals surface area contributed by atoms with E-state index in [1.807, 2.05) is 42.5 Å². The molecule has 0 amide bonds. The summed E-state index contributed by atoms with van der Waals surface area (Å²) in [5, 5.41) is 12.6. The zero-order valence-corrected chi connectivity index (χ0v) is 12.2. The van der Waals surface area contributed by atoms with Crippen LogP contribution >= 0.6 is 0 Å². The second kappa shape index (κ2) is 6.37. The van der Waals surface area contributed by atoms with Gasteiger partial charge < -0.3 is 14.2 Å². The molecule has 2 aromatic carbocycles. The summed E-state index contributed by atoms with van der Waals surface area (Å²) in [6.07, 6.45) is 0. The minimum atomic E-state index is -0.378. The Hall–Kier alpha value is -2.71. The van der Waals surface area contributed by atoms with Crippen molar-refractivity contribution in [1.29, 1.82) is 5.26 Å². The van der Waals surface area contributed by atoms with Crippen LogP contribution in [-0.2, 0) is 6.54 Å². The molecule has 1 heterocycles. The van der Waals surface area contributed by atoms with Crippen molar-refractivity contribution in [2.75, 3.05) is 13.9 Å². The minimum Gasteiger partial charge on any atom is -0.497 e.